The van der Waals surface area contributed by atoms with Crippen molar-refractivity contribution >= 4 is 22.7 Å². The van der Waals surface area contributed by atoms with Crippen LogP contribution in [0.15, 0.2) is 51.7 Å². The van der Waals surface area contributed by atoms with Gasteiger partial charge in [-0.3, -0.25) is 4.79 Å². The van der Waals surface area contributed by atoms with E-state index in [-0.39, 0.29) is 5.56 Å². The Hall–Kier alpha value is -3.15. The number of fused-ring (bicyclic) bond motifs is 1. The molecule has 1 aromatic carbocycles. The molecule has 0 saturated carbocycles. The molecule has 2 heterocycles. The van der Waals surface area contributed by atoms with Gasteiger partial charge in [0.1, 0.15) is 22.7 Å². The normalized spacial score (nSPS) is 10.6. The number of benzene rings is 1. The van der Waals surface area contributed by atoms with Crippen LogP contribution >= 0.6 is 0 Å². The molecule has 0 spiro atoms. The summed E-state index contributed by atoms with van der Waals surface area (Å²) in [6.07, 6.45) is 0.883. The van der Waals surface area contributed by atoms with Crippen molar-refractivity contribution in [1.82, 2.24) is 4.98 Å². The summed E-state index contributed by atoms with van der Waals surface area (Å²) in [4.78, 5) is 28.7. The highest BCUT2D eigenvalue weighted by molar-refractivity contribution is 6.05. The number of carbonyl (C=O) groups excluding carboxylic acids is 1. The summed E-state index contributed by atoms with van der Waals surface area (Å²) in [5.41, 5.74) is 0.370. The number of hydrogen-bond donors (Lipinski definition) is 1. The Labute approximate surface area is 144 Å². The van der Waals surface area contributed by atoms with Gasteiger partial charge in [-0.1, -0.05) is 13.0 Å². The number of anilines is 1. The van der Waals surface area contributed by atoms with Crippen molar-refractivity contribution in [2.24, 2.45) is 0 Å². The fraction of sp³-hybridized carbons (Fsp3) is 0.211. The number of pyridine rings is 1. The third-order valence-corrected chi connectivity index (χ3v) is 3.55. The number of aryl methyl sites for hydroxylation is 1. The van der Waals surface area contributed by atoms with Gasteiger partial charge in [0.2, 0.25) is 0 Å². The lowest BCUT2D eigenvalue weighted by atomic mass is 10.1. The monoisotopic (exact) mass is 338 g/mol. The molecule has 0 aliphatic carbocycles. The standard InChI is InChI=1S/C19H18N2O4/c1-3-9-24-14-8-7-13-10-15(19(23)25-16(13)11-14)18(22)21-17-6-4-5-12(2)20-17/h4-8,10-11H,3,9H2,1-2H3,(H,20,21,22). The summed E-state index contributed by atoms with van der Waals surface area (Å²) in [6, 6.07) is 11.9. The molecule has 1 N–H and O–H groups in total. The number of nitrogens with zero attached hydrogens (tertiary/aromatic N) is 1. The number of rotatable bonds is 5. The molecule has 2 aromatic heterocycles. The van der Waals surface area contributed by atoms with Crippen molar-refractivity contribution in [2.75, 3.05) is 11.9 Å². The molecule has 0 fully saturated rings. The van der Waals surface area contributed by atoms with E-state index in [1.807, 2.05) is 19.9 Å². The van der Waals surface area contributed by atoms with E-state index in [4.69, 9.17) is 9.15 Å². The summed E-state index contributed by atoms with van der Waals surface area (Å²) in [5, 5.41) is 3.25. The minimum Gasteiger partial charge on any atom is -0.493 e. The zero-order valence-electron chi connectivity index (χ0n) is 14.0. The van der Waals surface area contributed by atoms with Gasteiger partial charge in [0.25, 0.3) is 5.91 Å². The Morgan fingerprint density at radius 1 is 1.24 bits per heavy atom. The van der Waals surface area contributed by atoms with Crippen LogP contribution in [0.1, 0.15) is 29.4 Å². The highest BCUT2D eigenvalue weighted by atomic mass is 16.5. The van der Waals surface area contributed by atoms with E-state index >= 15 is 0 Å². The van der Waals surface area contributed by atoms with Gasteiger partial charge < -0.3 is 14.5 Å². The predicted octanol–water partition coefficient (Wildman–Crippen LogP) is 3.54. The van der Waals surface area contributed by atoms with E-state index in [2.05, 4.69) is 10.3 Å². The summed E-state index contributed by atoms with van der Waals surface area (Å²) in [5.74, 6) is 0.450. The number of nitrogens with one attached hydrogen (secondary N) is 1. The molecule has 1 amide bonds. The van der Waals surface area contributed by atoms with E-state index in [0.29, 0.717) is 29.1 Å². The number of ether oxygens (including phenoxy) is 1. The smallest absolute Gasteiger partial charge is 0.349 e. The Morgan fingerprint density at radius 2 is 2.08 bits per heavy atom. The quantitative estimate of drug-likeness (QED) is 0.720. The van der Waals surface area contributed by atoms with Gasteiger partial charge in [-0.05, 0) is 43.7 Å². The van der Waals surface area contributed by atoms with Crippen LogP contribution in [0, 0.1) is 6.92 Å². The number of amides is 1. The Morgan fingerprint density at radius 3 is 2.84 bits per heavy atom. The van der Waals surface area contributed by atoms with Crippen LogP contribution in [0.3, 0.4) is 0 Å². The first kappa shape index (κ1) is 16.7. The molecular weight excluding hydrogens is 320 g/mol. The molecule has 0 unspecified atom stereocenters. The van der Waals surface area contributed by atoms with Crippen LogP contribution in [0.4, 0.5) is 5.82 Å². The zero-order chi connectivity index (χ0) is 17.8. The van der Waals surface area contributed by atoms with Crippen molar-refractivity contribution in [1.29, 1.82) is 0 Å². The van der Waals surface area contributed by atoms with E-state index in [0.717, 1.165) is 12.1 Å². The molecular formula is C19H18N2O4. The molecule has 0 radical (unpaired) electrons. The topological polar surface area (TPSA) is 81.4 Å². The van der Waals surface area contributed by atoms with E-state index in [1.165, 1.54) is 6.07 Å². The Bertz CT molecular complexity index is 979. The first-order valence-electron chi connectivity index (χ1n) is 8.02. The molecule has 0 saturated heterocycles. The third kappa shape index (κ3) is 3.85. The van der Waals surface area contributed by atoms with Gasteiger partial charge in [0.05, 0.1) is 6.61 Å². The van der Waals surface area contributed by atoms with Gasteiger partial charge in [0.15, 0.2) is 0 Å². The van der Waals surface area contributed by atoms with Crippen molar-refractivity contribution in [3.05, 3.63) is 64.1 Å². The van der Waals surface area contributed by atoms with Crippen molar-refractivity contribution in [2.45, 2.75) is 20.3 Å². The van der Waals surface area contributed by atoms with Gasteiger partial charge in [-0.2, -0.15) is 0 Å². The minimum atomic E-state index is -0.703. The maximum Gasteiger partial charge on any atom is 0.349 e. The van der Waals surface area contributed by atoms with Gasteiger partial charge in [-0.15, -0.1) is 0 Å². The lowest BCUT2D eigenvalue weighted by Gasteiger charge is -2.07. The molecule has 0 aliphatic heterocycles. The first-order chi connectivity index (χ1) is 12.1. The van der Waals surface area contributed by atoms with Crippen LogP contribution in [-0.2, 0) is 0 Å². The van der Waals surface area contributed by atoms with Crippen LogP contribution < -0.4 is 15.7 Å². The minimum absolute atomic E-state index is 0.0713. The van der Waals surface area contributed by atoms with E-state index in [9.17, 15) is 9.59 Å². The SMILES string of the molecule is CCCOc1ccc2cc(C(=O)Nc3cccc(C)n3)c(=O)oc2c1. The van der Waals surface area contributed by atoms with E-state index in [1.54, 1.807) is 30.3 Å². The summed E-state index contributed by atoms with van der Waals surface area (Å²) >= 11 is 0. The average Bonchev–Trinajstić information content (AvgIpc) is 2.59. The second-order valence-corrected chi connectivity index (χ2v) is 5.61. The number of aromatic nitrogens is 1. The zero-order valence-corrected chi connectivity index (χ0v) is 14.0. The van der Waals surface area contributed by atoms with Crippen molar-refractivity contribution in [3.8, 4) is 5.75 Å². The van der Waals surface area contributed by atoms with Gasteiger partial charge in [0, 0.05) is 17.1 Å². The molecule has 0 aliphatic rings. The van der Waals surface area contributed by atoms with Gasteiger partial charge in [-0.25, -0.2) is 9.78 Å². The van der Waals surface area contributed by atoms with Crippen LogP contribution in [0.25, 0.3) is 11.0 Å². The van der Waals surface area contributed by atoms with Crippen molar-refractivity contribution in [3.63, 3.8) is 0 Å². The highest BCUT2D eigenvalue weighted by Crippen LogP contribution is 2.21. The number of hydrogen-bond acceptors (Lipinski definition) is 5. The Kier molecular flexibility index (Phi) is 4.79. The molecule has 0 atom stereocenters. The van der Waals surface area contributed by atoms with Crippen LogP contribution in [0.2, 0.25) is 0 Å². The fourth-order valence-electron chi connectivity index (χ4n) is 2.36. The third-order valence-electron chi connectivity index (χ3n) is 3.55. The number of carbonyl (C=O) groups is 1. The van der Waals surface area contributed by atoms with Crippen molar-refractivity contribution < 1.29 is 13.9 Å². The Balaban J connectivity index is 1.90. The molecule has 3 aromatic rings. The molecule has 128 valence electrons. The summed E-state index contributed by atoms with van der Waals surface area (Å²) in [6.45, 7) is 4.41. The van der Waals surface area contributed by atoms with Crippen LogP contribution in [-0.4, -0.2) is 17.5 Å². The molecule has 0 bridgehead atoms. The highest BCUT2D eigenvalue weighted by Gasteiger charge is 2.15. The maximum atomic E-state index is 12.4. The summed E-state index contributed by atoms with van der Waals surface area (Å²) < 4.78 is 10.8. The first-order valence-corrected chi connectivity index (χ1v) is 8.02. The maximum absolute atomic E-state index is 12.4. The molecule has 6 heteroatoms. The second kappa shape index (κ2) is 7.17. The fourth-order valence-corrected chi connectivity index (χ4v) is 2.36. The largest absolute Gasteiger partial charge is 0.493 e. The average molecular weight is 338 g/mol. The van der Waals surface area contributed by atoms with Gasteiger partial charge >= 0.3 is 5.63 Å². The lowest BCUT2D eigenvalue weighted by Crippen LogP contribution is -2.21. The second-order valence-electron chi connectivity index (χ2n) is 5.61. The lowest BCUT2D eigenvalue weighted by molar-refractivity contribution is 0.102. The van der Waals surface area contributed by atoms with E-state index < -0.39 is 11.5 Å². The molecule has 6 nitrogen and oxygen atoms in total. The summed E-state index contributed by atoms with van der Waals surface area (Å²) in [7, 11) is 0. The molecule has 3 rings (SSSR count). The predicted molar refractivity (Wildman–Crippen MR) is 95.2 cm³/mol. The van der Waals surface area contributed by atoms with Crippen LogP contribution in [0.5, 0.6) is 5.75 Å². The molecule has 25 heavy (non-hydrogen) atoms.